The molecule has 0 aromatic carbocycles. The predicted molar refractivity (Wildman–Crippen MR) is 120 cm³/mol. The van der Waals surface area contributed by atoms with Crippen LogP contribution in [0.3, 0.4) is 0 Å². The SMILES string of the molecule is C=C1C(=CC=C2CCC[C@]3(C)C(COCC#CC(C)(C)O)=CC[C@@H]23)C[C@@H](O)C[C@@H]1O. The Hall–Kier alpha value is -1.64. The highest BCUT2D eigenvalue weighted by Crippen LogP contribution is 2.54. The molecular formula is C26H36O4. The molecule has 2 fully saturated rings. The molecule has 4 atom stereocenters. The van der Waals surface area contributed by atoms with Gasteiger partial charge in [-0.3, -0.25) is 0 Å². The van der Waals surface area contributed by atoms with Gasteiger partial charge in [0.25, 0.3) is 0 Å². The van der Waals surface area contributed by atoms with E-state index in [0.717, 1.165) is 36.8 Å². The minimum absolute atomic E-state index is 0.106. The van der Waals surface area contributed by atoms with Crippen molar-refractivity contribution in [3.05, 3.63) is 47.1 Å². The summed E-state index contributed by atoms with van der Waals surface area (Å²) in [7, 11) is 0. The van der Waals surface area contributed by atoms with Crippen molar-refractivity contribution in [2.24, 2.45) is 11.3 Å². The van der Waals surface area contributed by atoms with Crippen LogP contribution < -0.4 is 0 Å². The summed E-state index contributed by atoms with van der Waals surface area (Å²) < 4.78 is 5.80. The smallest absolute Gasteiger partial charge is 0.120 e. The number of rotatable bonds is 4. The predicted octanol–water partition coefficient (Wildman–Crippen LogP) is 3.84. The van der Waals surface area contributed by atoms with Crippen molar-refractivity contribution in [1.29, 1.82) is 0 Å². The minimum atomic E-state index is -0.986. The van der Waals surface area contributed by atoms with Crippen LogP contribution in [0.4, 0.5) is 0 Å². The first kappa shape index (κ1) is 23.0. The van der Waals surface area contributed by atoms with E-state index in [1.54, 1.807) is 13.8 Å². The second-order valence-electron chi connectivity index (χ2n) is 9.71. The zero-order valence-electron chi connectivity index (χ0n) is 18.6. The number of hydrogen-bond donors (Lipinski definition) is 3. The van der Waals surface area contributed by atoms with E-state index in [-0.39, 0.29) is 5.41 Å². The molecule has 3 aliphatic carbocycles. The van der Waals surface area contributed by atoms with Gasteiger partial charge in [0.05, 0.1) is 18.8 Å². The first-order chi connectivity index (χ1) is 14.1. The highest BCUT2D eigenvalue weighted by atomic mass is 16.5. The van der Waals surface area contributed by atoms with Crippen molar-refractivity contribution >= 4 is 0 Å². The Bertz CT molecular complexity index is 814. The van der Waals surface area contributed by atoms with E-state index in [9.17, 15) is 15.3 Å². The van der Waals surface area contributed by atoms with E-state index in [4.69, 9.17) is 4.74 Å². The molecule has 0 aromatic heterocycles. The van der Waals surface area contributed by atoms with Gasteiger partial charge in [-0.2, -0.15) is 0 Å². The standard InChI is InChI=1S/C26H36O4/c1-18-20(15-22(27)16-24(18)28)9-8-19-7-5-13-26(4)21(10-11-23(19)26)17-30-14-6-12-25(2,3)29/h8-10,22-24,27-29H,1,5,7,11,13-17H2,2-4H3/t22-,23+,24+,26-/m1/s1. The zero-order valence-corrected chi connectivity index (χ0v) is 18.6. The molecule has 0 aromatic rings. The van der Waals surface area contributed by atoms with E-state index in [0.29, 0.717) is 32.0 Å². The van der Waals surface area contributed by atoms with Gasteiger partial charge < -0.3 is 20.1 Å². The molecule has 3 aliphatic rings. The number of aliphatic hydroxyl groups is 3. The molecule has 0 saturated heterocycles. The van der Waals surface area contributed by atoms with E-state index in [1.807, 2.05) is 0 Å². The van der Waals surface area contributed by atoms with Crippen LogP contribution in [-0.4, -0.2) is 46.3 Å². The Morgan fingerprint density at radius 1 is 1.33 bits per heavy atom. The van der Waals surface area contributed by atoms with Gasteiger partial charge >= 0.3 is 0 Å². The van der Waals surface area contributed by atoms with Crippen molar-refractivity contribution in [2.75, 3.05) is 13.2 Å². The third-order valence-electron chi connectivity index (χ3n) is 6.80. The molecule has 0 unspecified atom stereocenters. The summed E-state index contributed by atoms with van der Waals surface area (Å²) in [6.07, 6.45) is 10.8. The number of aliphatic hydroxyl groups excluding tert-OH is 2. The van der Waals surface area contributed by atoms with Crippen LogP contribution in [0.5, 0.6) is 0 Å². The Morgan fingerprint density at radius 2 is 2.10 bits per heavy atom. The molecule has 0 radical (unpaired) electrons. The van der Waals surface area contributed by atoms with Crippen LogP contribution in [0, 0.1) is 23.2 Å². The number of hydrogen-bond acceptors (Lipinski definition) is 4. The summed E-state index contributed by atoms with van der Waals surface area (Å²) in [5.41, 5.74) is 3.60. The molecule has 0 bridgehead atoms. The van der Waals surface area contributed by atoms with Gasteiger partial charge in [-0.25, -0.2) is 0 Å². The Kier molecular flexibility index (Phi) is 7.09. The van der Waals surface area contributed by atoms with Crippen LogP contribution in [-0.2, 0) is 4.74 Å². The maximum absolute atomic E-state index is 10.1. The topological polar surface area (TPSA) is 69.9 Å². The van der Waals surface area contributed by atoms with Gasteiger partial charge in [0.2, 0.25) is 0 Å². The molecule has 2 saturated carbocycles. The molecule has 0 spiro atoms. The summed E-state index contributed by atoms with van der Waals surface area (Å²) in [6, 6.07) is 0. The van der Waals surface area contributed by atoms with E-state index < -0.39 is 17.8 Å². The highest BCUT2D eigenvalue weighted by Gasteiger charge is 2.44. The van der Waals surface area contributed by atoms with Crippen LogP contribution >= 0.6 is 0 Å². The highest BCUT2D eigenvalue weighted by molar-refractivity contribution is 5.40. The molecule has 0 heterocycles. The summed E-state index contributed by atoms with van der Waals surface area (Å²) in [6.45, 7) is 10.6. The van der Waals surface area contributed by atoms with Crippen LogP contribution in [0.2, 0.25) is 0 Å². The number of ether oxygens (including phenoxy) is 1. The average molecular weight is 413 g/mol. The average Bonchev–Trinajstić information content (AvgIpc) is 2.99. The molecule has 4 heteroatoms. The molecule has 4 nitrogen and oxygen atoms in total. The van der Waals surface area contributed by atoms with Crippen molar-refractivity contribution in [3.63, 3.8) is 0 Å². The fraction of sp³-hybridized carbons (Fsp3) is 0.615. The Balaban J connectivity index is 1.66. The van der Waals surface area contributed by atoms with Gasteiger partial charge in [0, 0.05) is 6.42 Å². The zero-order chi connectivity index (χ0) is 21.9. The third kappa shape index (κ3) is 5.34. The van der Waals surface area contributed by atoms with E-state index in [1.165, 1.54) is 11.1 Å². The lowest BCUT2D eigenvalue weighted by Crippen LogP contribution is -2.32. The Labute approximate surface area is 181 Å². The quantitative estimate of drug-likeness (QED) is 0.373. The summed E-state index contributed by atoms with van der Waals surface area (Å²) in [4.78, 5) is 0. The van der Waals surface area contributed by atoms with Crippen molar-refractivity contribution < 1.29 is 20.1 Å². The van der Waals surface area contributed by atoms with E-state index in [2.05, 4.69) is 43.6 Å². The van der Waals surface area contributed by atoms with E-state index >= 15 is 0 Å². The van der Waals surface area contributed by atoms with Gasteiger partial charge in [0.15, 0.2) is 0 Å². The third-order valence-corrected chi connectivity index (χ3v) is 6.80. The number of fused-ring (bicyclic) bond motifs is 1. The molecular weight excluding hydrogens is 376 g/mol. The molecule has 164 valence electrons. The lowest BCUT2D eigenvalue weighted by atomic mass is 9.64. The second kappa shape index (κ2) is 9.24. The lowest BCUT2D eigenvalue weighted by Gasteiger charge is -2.41. The van der Waals surface area contributed by atoms with Gasteiger partial charge in [0.1, 0.15) is 12.2 Å². The monoisotopic (exact) mass is 412 g/mol. The molecule has 0 aliphatic heterocycles. The molecule has 3 N–H and O–H groups in total. The lowest BCUT2D eigenvalue weighted by molar-refractivity contribution is 0.0862. The minimum Gasteiger partial charge on any atom is -0.393 e. The maximum Gasteiger partial charge on any atom is 0.120 e. The molecule has 3 rings (SSSR count). The molecule has 30 heavy (non-hydrogen) atoms. The van der Waals surface area contributed by atoms with Crippen molar-refractivity contribution in [1.82, 2.24) is 0 Å². The van der Waals surface area contributed by atoms with Crippen LogP contribution in [0.1, 0.15) is 59.3 Å². The first-order valence-electron chi connectivity index (χ1n) is 11.0. The number of allylic oxidation sites excluding steroid dienone is 4. The summed E-state index contributed by atoms with van der Waals surface area (Å²) >= 11 is 0. The van der Waals surface area contributed by atoms with Crippen molar-refractivity contribution in [3.8, 4) is 11.8 Å². The fourth-order valence-electron chi connectivity index (χ4n) is 5.06. The van der Waals surface area contributed by atoms with Crippen molar-refractivity contribution in [2.45, 2.75) is 77.1 Å². The second-order valence-corrected chi connectivity index (χ2v) is 9.71. The van der Waals surface area contributed by atoms with Gasteiger partial charge in [-0.15, -0.1) is 0 Å². The molecule has 0 amide bonds. The first-order valence-corrected chi connectivity index (χ1v) is 11.0. The van der Waals surface area contributed by atoms with Gasteiger partial charge in [-0.05, 0) is 74.0 Å². The summed E-state index contributed by atoms with van der Waals surface area (Å²) in [5, 5.41) is 29.7. The Morgan fingerprint density at radius 3 is 2.83 bits per heavy atom. The maximum atomic E-state index is 10.1. The summed E-state index contributed by atoms with van der Waals surface area (Å²) in [5.74, 6) is 6.14. The largest absolute Gasteiger partial charge is 0.393 e. The fourth-order valence-corrected chi connectivity index (χ4v) is 5.06. The normalized spacial score (nSPS) is 34.5. The van der Waals surface area contributed by atoms with Crippen LogP contribution in [0.25, 0.3) is 0 Å². The van der Waals surface area contributed by atoms with Gasteiger partial charge in [-0.1, -0.05) is 49.1 Å². The van der Waals surface area contributed by atoms with Crippen LogP contribution in [0.15, 0.2) is 47.1 Å².